The third-order valence-corrected chi connectivity index (χ3v) is 6.89. The van der Waals surface area contributed by atoms with Crippen LogP contribution in [0.2, 0.25) is 0 Å². The predicted molar refractivity (Wildman–Crippen MR) is 135 cm³/mol. The molecule has 196 valence electrons. The minimum Gasteiger partial charge on any atom is -0.481 e. The van der Waals surface area contributed by atoms with E-state index in [1.807, 2.05) is 13.8 Å². The van der Waals surface area contributed by atoms with Crippen molar-refractivity contribution in [2.24, 2.45) is 10.8 Å². The number of carboxylic acids is 1. The van der Waals surface area contributed by atoms with E-state index in [1.165, 1.54) is 6.08 Å². The molecule has 0 fully saturated rings. The minimum absolute atomic E-state index is 0.0855. The van der Waals surface area contributed by atoms with E-state index in [-0.39, 0.29) is 12.0 Å². The molecule has 6 N–H and O–H groups in total. The fourth-order valence-electron chi connectivity index (χ4n) is 4.34. The summed E-state index contributed by atoms with van der Waals surface area (Å²) in [5.74, 6) is -0.869. The van der Waals surface area contributed by atoms with Gasteiger partial charge in [-0.15, -0.1) is 0 Å². The topological polar surface area (TPSA) is 138 Å². The molecule has 0 amide bonds. The molecule has 0 spiro atoms. The van der Waals surface area contributed by atoms with Crippen LogP contribution >= 0.6 is 0 Å². The second kappa shape index (κ2) is 12.3. The van der Waals surface area contributed by atoms with Crippen molar-refractivity contribution in [3.63, 3.8) is 0 Å². The van der Waals surface area contributed by atoms with Crippen molar-refractivity contribution in [2.75, 3.05) is 6.61 Å². The predicted octanol–water partition coefficient (Wildman–Crippen LogP) is 3.19. The second-order valence-electron chi connectivity index (χ2n) is 11.2. The molecule has 0 saturated carbocycles. The van der Waals surface area contributed by atoms with Gasteiger partial charge in [-0.3, -0.25) is 4.79 Å². The summed E-state index contributed by atoms with van der Waals surface area (Å²) in [6.45, 7) is 7.38. The zero-order valence-electron chi connectivity index (χ0n) is 21.3. The SMILES string of the molecule is CC(C)(CO)CCCC1=CC(O)C=C(C=CC2=CC(O)C=C(CCCC(C)(C)C(=O)O)C2O)C1O. The average Bonchev–Trinajstić information content (AvgIpc) is 2.77. The third-order valence-electron chi connectivity index (χ3n) is 6.89. The average molecular weight is 491 g/mol. The zero-order chi connectivity index (χ0) is 26.4. The molecule has 0 radical (unpaired) electrons. The molecule has 0 aliphatic heterocycles. The molecular formula is C28H42O7. The van der Waals surface area contributed by atoms with Crippen LogP contribution in [-0.2, 0) is 4.79 Å². The van der Waals surface area contributed by atoms with Crippen molar-refractivity contribution in [3.8, 4) is 0 Å². The van der Waals surface area contributed by atoms with E-state index in [1.54, 1.807) is 44.2 Å². The van der Waals surface area contributed by atoms with Crippen LogP contribution in [0.25, 0.3) is 0 Å². The number of aliphatic carboxylic acids is 1. The van der Waals surface area contributed by atoms with Crippen LogP contribution in [0.15, 0.2) is 58.7 Å². The maximum absolute atomic E-state index is 11.3. The summed E-state index contributed by atoms with van der Waals surface area (Å²) in [6, 6.07) is 0. The first-order valence-corrected chi connectivity index (χ1v) is 12.3. The fourth-order valence-corrected chi connectivity index (χ4v) is 4.34. The summed E-state index contributed by atoms with van der Waals surface area (Å²) in [6.07, 6.45) is 9.69. The van der Waals surface area contributed by atoms with Crippen molar-refractivity contribution in [1.82, 2.24) is 0 Å². The Kier molecular flexibility index (Phi) is 10.2. The summed E-state index contributed by atoms with van der Waals surface area (Å²) in [7, 11) is 0. The first-order chi connectivity index (χ1) is 16.3. The van der Waals surface area contributed by atoms with Crippen molar-refractivity contribution >= 4 is 5.97 Å². The van der Waals surface area contributed by atoms with Crippen LogP contribution < -0.4 is 0 Å². The lowest BCUT2D eigenvalue weighted by molar-refractivity contribution is -0.147. The number of hydrogen-bond donors (Lipinski definition) is 6. The summed E-state index contributed by atoms with van der Waals surface area (Å²) in [5.41, 5.74) is 1.28. The lowest BCUT2D eigenvalue weighted by Gasteiger charge is -2.26. The standard InChI is InChI=1S/C28H42O7/c1-27(2,17-29)11-5-7-18-13-22(30)15-20(24(18)32)9-10-21-16-23(31)14-19(25(21)33)8-6-12-28(3,4)26(34)35/h9-10,13-16,22-25,29-33H,5-8,11-12,17H2,1-4H3,(H,34,35). The fraction of sp³-hybridized carbons (Fsp3) is 0.607. The number of aliphatic hydroxyl groups is 5. The molecule has 4 atom stereocenters. The Bertz CT molecular complexity index is 904. The smallest absolute Gasteiger partial charge is 0.309 e. The van der Waals surface area contributed by atoms with Gasteiger partial charge in [0.05, 0.1) is 29.8 Å². The van der Waals surface area contributed by atoms with E-state index < -0.39 is 35.8 Å². The maximum Gasteiger partial charge on any atom is 0.309 e. The highest BCUT2D eigenvalue weighted by Gasteiger charge is 2.28. The molecule has 0 bridgehead atoms. The van der Waals surface area contributed by atoms with E-state index in [0.717, 1.165) is 12.8 Å². The Hall–Kier alpha value is -2.03. The first-order valence-electron chi connectivity index (χ1n) is 12.3. The summed E-state index contributed by atoms with van der Waals surface area (Å²) in [4.78, 5) is 11.3. The van der Waals surface area contributed by atoms with Crippen LogP contribution in [0.1, 0.15) is 66.2 Å². The molecule has 0 heterocycles. The Morgan fingerprint density at radius 3 is 1.63 bits per heavy atom. The minimum atomic E-state index is -0.940. The summed E-state index contributed by atoms with van der Waals surface area (Å²) >= 11 is 0. The van der Waals surface area contributed by atoms with Gasteiger partial charge in [-0.05, 0) is 92.2 Å². The Labute approximate surface area is 208 Å². The molecule has 2 rings (SSSR count). The van der Waals surface area contributed by atoms with Gasteiger partial charge in [0.1, 0.15) is 0 Å². The Morgan fingerprint density at radius 1 is 0.800 bits per heavy atom. The lowest BCUT2D eigenvalue weighted by Crippen LogP contribution is -2.25. The lowest BCUT2D eigenvalue weighted by atomic mass is 9.83. The molecule has 0 aromatic carbocycles. The molecule has 0 saturated heterocycles. The van der Waals surface area contributed by atoms with Crippen LogP contribution in [0, 0.1) is 10.8 Å². The molecule has 2 aliphatic rings. The number of rotatable bonds is 12. The van der Waals surface area contributed by atoms with E-state index in [9.17, 15) is 35.4 Å². The van der Waals surface area contributed by atoms with Gasteiger partial charge in [0, 0.05) is 6.61 Å². The molecular weight excluding hydrogens is 448 g/mol. The number of carbonyl (C=O) groups is 1. The highest BCUT2D eigenvalue weighted by molar-refractivity contribution is 5.73. The number of carboxylic acid groups (broad SMARTS) is 1. The molecule has 0 aromatic rings. The van der Waals surface area contributed by atoms with Gasteiger partial charge in [-0.2, -0.15) is 0 Å². The summed E-state index contributed by atoms with van der Waals surface area (Å²) < 4.78 is 0. The molecule has 0 aromatic heterocycles. The Balaban J connectivity index is 2.02. The second-order valence-corrected chi connectivity index (χ2v) is 11.2. The normalized spacial score (nSPS) is 25.7. The highest BCUT2D eigenvalue weighted by atomic mass is 16.4. The molecule has 2 aliphatic carbocycles. The van der Waals surface area contributed by atoms with Gasteiger partial charge in [0.25, 0.3) is 0 Å². The van der Waals surface area contributed by atoms with Crippen molar-refractivity contribution in [3.05, 3.63) is 58.7 Å². The van der Waals surface area contributed by atoms with Crippen LogP contribution in [0.5, 0.6) is 0 Å². The molecule has 7 nitrogen and oxygen atoms in total. The molecule has 7 heteroatoms. The van der Waals surface area contributed by atoms with E-state index in [4.69, 9.17) is 0 Å². The van der Waals surface area contributed by atoms with Gasteiger partial charge >= 0.3 is 5.97 Å². The van der Waals surface area contributed by atoms with Crippen molar-refractivity contribution in [1.29, 1.82) is 0 Å². The van der Waals surface area contributed by atoms with Crippen LogP contribution in [-0.4, -0.2) is 67.6 Å². The highest BCUT2D eigenvalue weighted by Crippen LogP contribution is 2.31. The third kappa shape index (κ3) is 8.54. The number of hydrogen-bond acceptors (Lipinski definition) is 6. The Morgan fingerprint density at radius 2 is 1.23 bits per heavy atom. The van der Waals surface area contributed by atoms with E-state index >= 15 is 0 Å². The maximum atomic E-state index is 11.3. The van der Waals surface area contributed by atoms with Gasteiger partial charge in [0.2, 0.25) is 0 Å². The summed E-state index contributed by atoms with van der Waals surface area (Å²) in [5, 5.41) is 60.9. The van der Waals surface area contributed by atoms with E-state index in [0.29, 0.717) is 48.0 Å². The van der Waals surface area contributed by atoms with Gasteiger partial charge in [-0.1, -0.05) is 38.2 Å². The monoisotopic (exact) mass is 490 g/mol. The largest absolute Gasteiger partial charge is 0.481 e. The van der Waals surface area contributed by atoms with Gasteiger partial charge in [0.15, 0.2) is 0 Å². The van der Waals surface area contributed by atoms with Gasteiger partial charge < -0.3 is 30.6 Å². The van der Waals surface area contributed by atoms with Gasteiger partial charge in [-0.25, -0.2) is 0 Å². The van der Waals surface area contributed by atoms with Crippen LogP contribution in [0.4, 0.5) is 0 Å². The van der Waals surface area contributed by atoms with Crippen molar-refractivity contribution < 1.29 is 35.4 Å². The first kappa shape index (κ1) is 29.2. The quantitative estimate of drug-likeness (QED) is 0.231. The van der Waals surface area contributed by atoms with Crippen molar-refractivity contribution in [2.45, 2.75) is 90.6 Å². The number of aliphatic hydroxyl groups excluding tert-OH is 5. The molecule has 4 unspecified atom stereocenters. The zero-order valence-corrected chi connectivity index (χ0v) is 21.3. The van der Waals surface area contributed by atoms with Crippen LogP contribution in [0.3, 0.4) is 0 Å². The van der Waals surface area contributed by atoms with E-state index in [2.05, 4.69) is 0 Å². The molecule has 35 heavy (non-hydrogen) atoms.